The summed E-state index contributed by atoms with van der Waals surface area (Å²) in [6, 6.07) is 7.88. The maximum absolute atomic E-state index is 12.3. The van der Waals surface area contributed by atoms with Crippen molar-refractivity contribution >= 4 is 15.7 Å². The first kappa shape index (κ1) is 20.8. The van der Waals surface area contributed by atoms with E-state index in [4.69, 9.17) is 4.52 Å². The zero-order chi connectivity index (χ0) is 20.9. The van der Waals surface area contributed by atoms with Crippen LogP contribution in [0.15, 0.2) is 52.1 Å². The number of amides is 1. The molecule has 154 valence electrons. The number of hydrogen-bond donors (Lipinski definition) is 1. The van der Waals surface area contributed by atoms with Gasteiger partial charge in [0.25, 0.3) is 5.91 Å². The van der Waals surface area contributed by atoms with Crippen LogP contribution < -0.4 is 5.32 Å². The van der Waals surface area contributed by atoms with Crippen molar-refractivity contribution in [2.75, 3.05) is 12.3 Å². The van der Waals surface area contributed by atoms with Gasteiger partial charge in [-0.3, -0.25) is 4.79 Å². The molecule has 0 atom stereocenters. The third-order valence-electron chi connectivity index (χ3n) is 4.60. The fourth-order valence-electron chi connectivity index (χ4n) is 2.91. The molecule has 1 aromatic carbocycles. The Kier molecular flexibility index (Phi) is 6.48. The highest BCUT2D eigenvalue weighted by Crippen LogP contribution is 2.22. The normalized spacial score (nSPS) is 11.5. The van der Waals surface area contributed by atoms with E-state index in [-0.39, 0.29) is 22.2 Å². The number of nitrogens with zero attached hydrogens (tertiary/aromatic N) is 3. The van der Waals surface area contributed by atoms with Crippen LogP contribution in [0.3, 0.4) is 0 Å². The van der Waals surface area contributed by atoms with Crippen LogP contribution in [0.4, 0.5) is 0 Å². The minimum Gasteiger partial charge on any atom is -0.355 e. The van der Waals surface area contributed by atoms with Crippen LogP contribution in [-0.4, -0.2) is 41.3 Å². The second-order valence-electron chi connectivity index (χ2n) is 6.50. The van der Waals surface area contributed by atoms with Gasteiger partial charge in [0.05, 0.1) is 10.6 Å². The average molecular weight is 417 g/mol. The molecule has 1 amide bonds. The number of aromatic nitrogens is 3. The summed E-state index contributed by atoms with van der Waals surface area (Å²) < 4.78 is 31.1. The Morgan fingerprint density at radius 2 is 1.97 bits per heavy atom. The van der Waals surface area contributed by atoms with Gasteiger partial charge in [-0.2, -0.15) is 0 Å². The summed E-state index contributed by atoms with van der Waals surface area (Å²) in [6.07, 6.45) is 5.35. The lowest BCUT2D eigenvalue weighted by Crippen LogP contribution is -2.25. The molecule has 2 heterocycles. The molecule has 3 aromatic rings. The Balaban J connectivity index is 1.56. The number of carbonyl (C=O) groups is 1. The predicted octanol–water partition coefficient (Wildman–Crippen LogP) is 2.71. The second kappa shape index (κ2) is 9.04. The maximum atomic E-state index is 12.3. The van der Waals surface area contributed by atoms with Gasteiger partial charge in [-0.25, -0.2) is 13.4 Å². The number of nitrogens with one attached hydrogen (secondary N) is 1. The van der Waals surface area contributed by atoms with Gasteiger partial charge in [0.15, 0.2) is 21.3 Å². The summed E-state index contributed by atoms with van der Waals surface area (Å²) in [5.74, 6) is 1.16. The Morgan fingerprint density at radius 1 is 1.21 bits per heavy atom. The number of rotatable bonds is 9. The van der Waals surface area contributed by atoms with E-state index in [9.17, 15) is 13.2 Å². The molecule has 29 heavy (non-hydrogen) atoms. The monoisotopic (exact) mass is 416 g/mol. The van der Waals surface area contributed by atoms with Gasteiger partial charge in [-0.05, 0) is 30.7 Å². The first-order chi connectivity index (χ1) is 13.9. The van der Waals surface area contributed by atoms with Gasteiger partial charge < -0.3 is 14.4 Å². The third-order valence-corrected chi connectivity index (χ3v) is 6.35. The number of benzene rings is 1. The van der Waals surface area contributed by atoms with Crippen molar-refractivity contribution in [1.29, 1.82) is 0 Å². The highest BCUT2D eigenvalue weighted by atomic mass is 32.2. The number of hydrogen-bond acceptors (Lipinski definition) is 6. The van der Waals surface area contributed by atoms with Crippen LogP contribution in [0, 0.1) is 0 Å². The number of imidazole rings is 1. The highest BCUT2D eigenvalue weighted by Gasteiger charge is 2.15. The molecule has 2 aromatic heterocycles. The second-order valence-corrected chi connectivity index (χ2v) is 8.78. The molecule has 0 bridgehead atoms. The molecule has 3 rings (SSSR count). The SMILES string of the molecule is CCc1nccn1CCCNC(=O)c1cc(-c2ccc(S(=O)(=O)CC)cc2)on1. The lowest BCUT2D eigenvalue weighted by Gasteiger charge is -2.06. The molecule has 1 N–H and O–H groups in total. The van der Waals surface area contributed by atoms with Crippen molar-refractivity contribution < 1.29 is 17.7 Å². The summed E-state index contributed by atoms with van der Waals surface area (Å²) in [4.78, 5) is 16.8. The Labute approximate surface area is 169 Å². The molecular weight excluding hydrogens is 392 g/mol. The van der Waals surface area contributed by atoms with E-state index in [0.717, 1.165) is 25.2 Å². The van der Waals surface area contributed by atoms with Crippen molar-refractivity contribution in [1.82, 2.24) is 20.0 Å². The summed E-state index contributed by atoms with van der Waals surface area (Å²) in [7, 11) is -3.26. The van der Waals surface area contributed by atoms with E-state index < -0.39 is 9.84 Å². The van der Waals surface area contributed by atoms with Gasteiger partial charge >= 0.3 is 0 Å². The number of sulfone groups is 1. The Hall–Kier alpha value is -2.94. The minimum absolute atomic E-state index is 0.0412. The molecule has 0 saturated carbocycles. The lowest BCUT2D eigenvalue weighted by atomic mass is 10.1. The first-order valence-electron chi connectivity index (χ1n) is 9.52. The largest absolute Gasteiger partial charge is 0.355 e. The quantitative estimate of drug-likeness (QED) is 0.538. The van der Waals surface area contributed by atoms with Crippen molar-refractivity contribution in [2.24, 2.45) is 0 Å². The van der Waals surface area contributed by atoms with Crippen LogP contribution in [0.2, 0.25) is 0 Å². The summed E-state index contributed by atoms with van der Waals surface area (Å²) >= 11 is 0. The molecule has 0 fully saturated rings. The number of carbonyl (C=O) groups excluding carboxylic acids is 1. The smallest absolute Gasteiger partial charge is 0.273 e. The molecule has 0 aliphatic rings. The fourth-order valence-corrected chi connectivity index (χ4v) is 3.80. The Morgan fingerprint density at radius 3 is 2.66 bits per heavy atom. The van der Waals surface area contributed by atoms with Gasteiger partial charge in [0.1, 0.15) is 5.82 Å². The topological polar surface area (TPSA) is 107 Å². The highest BCUT2D eigenvalue weighted by molar-refractivity contribution is 7.91. The van der Waals surface area contributed by atoms with E-state index >= 15 is 0 Å². The summed E-state index contributed by atoms with van der Waals surface area (Å²) in [6.45, 7) is 4.94. The fraction of sp³-hybridized carbons (Fsp3) is 0.350. The van der Waals surface area contributed by atoms with Crippen LogP contribution in [0.25, 0.3) is 11.3 Å². The lowest BCUT2D eigenvalue weighted by molar-refractivity contribution is 0.0943. The van der Waals surface area contributed by atoms with Gasteiger partial charge in [-0.1, -0.05) is 19.0 Å². The van der Waals surface area contributed by atoms with Crippen LogP contribution >= 0.6 is 0 Å². The van der Waals surface area contributed by atoms with Crippen molar-refractivity contribution in [3.05, 3.63) is 54.2 Å². The molecule has 0 unspecified atom stereocenters. The molecule has 0 radical (unpaired) electrons. The van der Waals surface area contributed by atoms with E-state index in [1.165, 1.54) is 12.1 Å². The molecule has 0 aliphatic carbocycles. The predicted molar refractivity (Wildman–Crippen MR) is 108 cm³/mol. The van der Waals surface area contributed by atoms with Crippen LogP contribution in [-0.2, 0) is 22.8 Å². The molecule has 0 aliphatic heterocycles. The van der Waals surface area contributed by atoms with E-state index in [0.29, 0.717) is 17.9 Å². The third kappa shape index (κ3) is 4.92. The van der Waals surface area contributed by atoms with Gasteiger partial charge in [0, 0.05) is 43.5 Å². The Bertz CT molecular complexity index is 1070. The van der Waals surface area contributed by atoms with Crippen LogP contribution in [0.5, 0.6) is 0 Å². The first-order valence-corrected chi connectivity index (χ1v) is 11.2. The number of aryl methyl sites for hydroxylation is 2. The van der Waals surface area contributed by atoms with Gasteiger partial charge in [-0.15, -0.1) is 0 Å². The average Bonchev–Trinajstić information content (AvgIpc) is 3.40. The zero-order valence-electron chi connectivity index (χ0n) is 16.5. The van der Waals surface area contributed by atoms with Crippen molar-refractivity contribution in [3.8, 4) is 11.3 Å². The standard InChI is InChI=1S/C20H24N4O4S/c1-3-19-21-11-13-24(19)12-5-10-22-20(25)17-14-18(28-23-17)15-6-8-16(9-7-15)29(26,27)4-2/h6-9,11,13-14H,3-5,10,12H2,1-2H3,(H,22,25). The van der Waals surface area contributed by atoms with Crippen LogP contribution in [0.1, 0.15) is 36.6 Å². The zero-order valence-corrected chi connectivity index (χ0v) is 17.3. The van der Waals surface area contributed by atoms with E-state index in [1.54, 1.807) is 31.3 Å². The van der Waals surface area contributed by atoms with Crippen molar-refractivity contribution in [3.63, 3.8) is 0 Å². The molecule has 0 spiro atoms. The molecule has 0 saturated heterocycles. The molecule has 9 heteroatoms. The van der Waals surface area contributed by atoms with Crippen molar-refractivity contribution in [2.45, 2.75) is 38.1 Å². The minimum atomic E-state index is -3.26. The summed E-state index contributed by atoms with van der Waals surface area (Å²) in [5, 5.41) is 6.64. The summed E-state index contributed by atoms with van der Waals surface area (Å²) in [5.41, 5.74) is 0.834. The van der Waals surface area contributed by atoms with E-state index in [2.05, 4.69) is 26.9 Å². The maximum Gasteiger partial charge on any atom is 0.273 e. The van der Waals surface area contributed by atoms with Gasteiger partial charge in [0.2, 0.25) is 0 Å². The molecular formula is C20H24N4O4S. The molecule has 8 nitrogen and oxygen atoms in total. The van der Waals surface area contributed by atoms with E-state index in [1.807, 2.05) is 6.20 Å².